The highest BCUT2D eigenvalue weighted by Gasteiger charge is 2.33. The number of fused-ring (bicyclic) bond motifs is 13. The topological polar surface area (TPSA) is 8.17 Å². The second-order valence-electron chi connectivity index (χ2n) is 18.7. The van der Waals surface area contributed by atoms with Crippen LogP contribution in [0.3, 0.4) is 0 Å². The molecular formula is C66H42N2S3. The molecule has 10 aromatic carbocycles. The molecule has 15 rings (SSSR count). The number of para-hydroxylation sites is 2. The average molecular weight is 959 g/mol. The fourth-order valence-electron chi connectivity index (χ4n) is 11.5. The first-order valence-corrected chi connectivity index (χ1v) is 26.8. The Labute approximate surface area is 423 Å². The van der Waals surface area contributed by atoms with Crippen LogP contribution < -0.4 is 4.90 Å². The largest absolute Gasteiger partial charge is 0.311 e. The van der Waals surface area contributed by atoms with Crippen LogP contribution in [0.4, 0.5) is 17.1 Å². The average Bonchev–Trinajstić information content (AvgIpc) is 4.21. The molecule has 0 radical (unpaired) electrons. The minimum Gasteiger partial charge on any atom is -0.311 e. The van der Waals surface area contributed by atoms with Crippen LogP contribution in [0, 0.1) is 0 Å². The van der Waals surface area contributed by atoms with Gasteiger partial charge in [0.2, 0.25) is 0 Å². The van der Waals surface area contributed by atoms with Crippen molar-refractivity contribution in [2.24, 2.45) is 0 Å². The highest BCUT2D eigenvalue weighted by atomic mass is 32.2. The Morgan fingerprint density at radius 3 is 1.65 bits per heavy atom. The number of hydrogen-bond donors (Lipinski definition) is 0. The maximum absolute atomic E-state index is 2.42. The first-order valence-electron chi connectivity index (χ1n) is 24.3. The molecule has 0 fully saturated rings. The minimum absolute atomic E-state index is 0.432. The molecule has 0 saturated carbocycles. The van der Waals surface area contributed by atoms with Crippen LogP contribution in [0.5, 0.6) is 0 Å². The molecule has 2 unspecified atom stereocenters. The van der Waals surface area contributed by atoms with E-state index in [1.165, 1.54) is 112 Å². The Bertz CT molecular complexity index is 4310. The van der Waals surface area contributed by atoms with E-state index in [-0.39, 0.29) is 0 Å². The van der Waals surface area contributed by atoms with E-state index >= 15 is 0 Å². The molecule has 2 atom stereocenters. The summed E-state index contributed by atoms with van der Waals surface area (Å²) in [7, 11) is 0. The SMILES string of the molecule is C1=CC2Sc3c(-c4ccc(N(c5ccc(-c6cccc7c6sc6ccccc67)cc5)c5ccc(-c6cccc7c6sc6c7ccc7c6c6ccccc6n7-c6ccccc6)cc5)cc4)cccc3C2C=C1. The zero-order valence-electron chi connectivity index (χ0n) is 38.4. The van der Waals surface area contributed by atoms with Crippen LogP contribution in [0.15, 0.2) is 248 Å². The zero-order chi connectivity index (χ0) is 46.6. The molecule has 71 heavy (non-hydrogen) atoms. The number of hydrogen-bond acceptors (Lipinski definition) is 4. The highest BCUT2D eigenvalue weighted by Crippen LogP contribution is 2.52. The van der Waals surface area contributed by atoms with Gasteiger partial charge < -0.3 is 9.47 Å². The van der Waals surface area contributed by atoms with Crippen molar-refractivity contribution in [2.45, 2.75) is 16.1 Å². The van der Waals surface area contributed by atoms with Gasteiger partial charge >= 0.3 is 0 Å². The van der Waals surface area contributed by atoms with Crippen molar-refractivity contribution in [3.05, 3.63) is 248 Å². The van der Waals surface area contributed by atoms with Gasteiger partial charge in [-0.2, -0.15) is 0 Å². The third kappa shape index (κ3) is 6.47. The summed E-state index contributed by atoms with van der Waals surface area (Å²) in [6.07, 6.45) is 9.11. The Balaban J connectivity index is 0.834. The monoisotopic (exact) mass is 958 g/mol. The van der Waals surface area contributed by atoms with E-state index in [1.807, 2.05) is 34.4 Å². The number of rotatable bonds is 7. The molecule has 0 saturated heterocycles. The predicted octanol–water partition coefficient (Wildman–Crippen LogP) is 19.7. The summed E-state index contributed by atoms with van der Waals surface area (Å²) in [4.78, 5) is 3.81. The van der Waals surface area contributed by atoms with Crippen molar-refractivity contribution >= 4 is 114 Å². The standard InChI is InChI=1S/C66H42N2S3/c1-2-13-44(14-3-1)68-58-24-7-4-17-57(58)62-59(68)40-39-56-55-23-12-20-50(65(55)71-66(56)62)43-31-37-47(38-32-43)67(45-33-27-41(28-34-45)48-18-10-21-53-51-15-5-8-25-60(51)69-63(48)53)46-35-29-42(30-36-46)49-19-11-22-54-52-16-6-9-26-61(52)70-64(49)54/h1-40,51,60H. The van der Waals surface area contributed by atoms with Gasteiger partial charge in [0.15, 0.2) is 0 Å². The summed E-state index contributed by atoms with van der Waals surface area (Å²) in [5.74, 6) is 0.432. The van der Waals surface area contributed by atoms with E-state index in [9.17, 15) is 0 Å². The van der Waals surface area contributed by atoms with Crippen molar-refractivity contribution in [1.29, 1.82) is 0 Å². The number of thiophene rings is 2. The Kier molecular flexibility index (Phi) is 9.41. The summed E-state index contributed by atoms with van der Waals surface area (Å²) in [5.41, 5.74) is 15.9. The van der Waals surface area contributed by atoms with Gasteiger partial charge in [0.25, 0.3) is 0 Å². The summed E-state index contributed by atoms with van der Waals surface area (Å²) in [6.45, 7) is 0. The fourth-order valence-corrected chi connectivity index (χ4v) is 15.6. The maximum Gasteiger partial charge on any atom is 0.0555 e. The molecule has 2 aliphatic rings. The van der Waals surface area contributed by atoms with E-state index in [0.717, 1.165) is 17.1 Å². The molecule has 5 heteroatoms. The van der Waals surface area contributed by atoms with Crippen LogP contribution >= 0.6 is 34.4 Å². The number of benzene rings is 10. The molecule has 0 spiro atoms. The van der Waals surface area contributed by atoms with Gasteiger partial charge in [0, 0.05) is 89.9 Å². The molecule has 4 heterocycles. The van der Waals surface area contributed by atoms with E-state index in [1.54, 1.807) is 0 Å². The smallest absolute Gasteiger partial charge is 0.0555 e. The summed E-state index contributed by atoms with van der Waals surface area (Å²) >= 11 is 5.81. The van der Waals surface area contributed by atoms with E-state index in [0.29, 0.717) is 11.2 Å². The Morgan fingerprint density at radius 2 is 0.930 bits per heavy atom. The molecule has 0 N–H and O–H groups in total. The molecule has 2 nitrogen and oxygen atoms in total. The third-order valence-corrected chi connectivity index (χ3v) is 18.7. The maximum atomic E-state index is 2.42. The van der Waals surface area contributed by atoms with Crippen LogP contribution in [0.2, 0.25) is 0 Å². The van der Waals surface area contributed by atoms with Gasteiger partial charge in [-0.25, -0.2) is 0 Å². The summed E-state index contributed by atoms with van der Waals surface area (Å²) in [6, 6.07) is 81.1. The number of anilines is 3. The number of nitrogens with zero attached hydrogens (tertiary/aromatic N) is 2. The molecule has 334 valence electrons. The number of thioether (sulfide) groups is 1. The van der Waals surface area contributed by atoms with Crippen LogP contribution in [0.1, 0.15) is 11.5 Å². The molecule has 3 aromatic heterocycles. The van der Waals surface area contributed by atoms with Crippen molar-refractivity contribution in [2.75, 3.05) is 4.90 Å². The summed E-state index contributed by atoms with van der Waals surface area (Å²) < 4.78 is 7.72. The highest BCUT2D eigenvalue weighted by molar-refractivity contribution is 8.00. The van der Waals surface area contributed by atoms with Gasteiger partial charge in [-0.15, -0.1) is 34.4 Å². The lowest BCUT2D eigenvalue weighted by molar-refractivity contribution is 0.881. The van der Waals surface area contributed by atoms with Crippen LogP contribution in [-0.2, 0) is 0 Å². The van der Waals surface area contributed by atoms with Gasteiger partial charge in [-0.3, -0.25) is 0 Å². The molecule has 1 aliphatic carbocycles. The second-order valence-corrected chi connectivity index (χ2v) is 21.9. The lowest BCUT2D eigenvalue weighted by Gasteiger charge is -2.26. The van der Waals surface area contributed by atoms with E-state index in [4.69, 9.17) is 0 Å². The molecule has 0 bridgehead atoms. The minimum atomic E-state index is 0.432. The molecule has 1 aliphatic heterocycles. The normalized spacial score (nSPS) is 15.2. The predicted molar refractivity (Wildman–Crippen MR) is 308 cm³/mol. The lowest BCUT2D eigenvalue weighted by Crippen LogP contribution is -2.09. The van der Waals surface area contributed by atoms with Crippen molar-refractivity contribution in [3.63, 3.8) is 0 Å². The Hall–Kier alpha value is -7.93. The molecule has 13 aromatic rings. The van der Waals surface area contributed by atoms with Crippen LogP contribution in [-0.4, -0.2) is 9.82 Å². The first kappa shape index (κ1) is 40.9. The number of allylic oxidation sites excluding steroid dienone is 3. The molecule has 0 amide bonds. The van der Waals surface area contributed by atoms with Gasteiger partial charge in [-0.1, -0.05) is 176 Å². The zero-order valence-corrected chi connectivity index (χ0v) is 40.8. The van der Waals surface area contributed by atoms with Crippen molar-refractivity contribution in [1.82, 2.24) is 4.57 Å². The quantitative estimate of drug-likeness (QED) is 0.157. The lowest BCUT2D eigenvalue weighted by atomic mass is 9.90. The fraction of sp³-hybridized carbons (Fsp3) is 0.0303. The van der Waals surface area contributed by atoms with Crippen molar-refractivity contribution in [3.8, 4) is 39.1 Å². The van der Waals surface area contributed by atoms with Crippen LogP contribution in [0.25, 0.3) is 101 Å². The molecular weight excluding hydrogens is 917 g/mol. The second kappa shape index (κ2) is 16.3. The van der Waals surface area contributed by atoms with Gasteiger partial charge in [0.1, 0.15) is 0 Å². The van der Waals surface area contributed by atoms with Gasteiger partial charge in [0.05, 0.1) is 11.0 Å². The summed E-state index contributed by atoms with van der Waals surface area (Å²) in [5, 5.41) is 8.30. The number of aromatic nitrogens is 1. The Morgan fingerprint density at radius 1 is 0.380 bits per heavy atom. The van der Waals surface area contributed by atoms with E-state index < -0.39 is 0 Å². The van der Waals surface area contributed by atoms with Gasteiger partial charge in [-0.05, 0) is 106 Å². The third-order valence-electron chi connectivity index (χ3n) is 14.8. The van der Waals surface area contributed by atoms with E-state index in [2.05, 4.69) is 252 Å². The van der Waals surface area contributed by atoms with Crippen molar-refractivity contribution < 1.29 is 0 Å². The first-order chi connectivity index (χ1) is 35.2.